The van der Waals surface area contributed by atoms with E-state index < -0.39 is 0 Å². The largest absolute Gasteiger partial charge is 0.339 e. The Balaban J connectivity index is 1.58. The molecule has 2 heterocycles. The summed E-state index contributed by atoms with van der Waals surface area (Å²) in [6.45, 7) is 6.55. The van der Waals surface area contributed by atoms with Gasteiger partial charge in [-0.2, -0.15) is 0 Å². The van der Waals surface area contributed by atoms with E-state index in [0.29, 0.717) is 11.8 Å². The maximum Gasteiger partial charge on any atom is 0.225 e. The lowest BCUT2D eigenvalue weighted by Crippen LogP contribution is -2.50. The second-order valence-electron chi connectivity index (χ2n) is 5.81. The minimum Gasteiger partial charge on any atom is -0.339 e. The topological polar surface area (TPSA) is 41.4 Å². The average molecular weight is 276 g/mol. The number of carbonyl (C=O) groups excluding carboxylic acids is 1. The summed E-state index contributed by atoms with van der Waals surface area (Å²) in [6.07, 6.45) is 8.52. The Bertz CT molecular complexity index is 456. The monoisotopic (exact) mass is 276 g/mol. The SMILES string of the molecule is CCn1ccnc1N1CCN(C(=O)C2CCCC2)CC1. The Labute approximate surface area is 120 Å². The Hall–Kier alpha value is -1.52. The number of hydrogen-bond donors (Lipinski definition) is 0. The van der Waals surface area contributed by atoms with Crippen molar-refractivity contribution in [2.45, 2.75) is 39.2 Å². The molecule has 20 heavy (non-hydrogen) atoms. The fraction of sp³-hybridized carbons (Fsp3) is 0.733. The number of hydrogen-bond acceptors (Lipinski definition) is 3. The van der Waals surface area contributed by atoms with E-state index in [0.717, 1.165) is 51.5 Å². The van der Waals surface area contributed by atoms with Gasteiger partial charge in [-0.3, -0.25) is 4.79 Å². The molecule has 1 aliphatic carbocycles. The lowest BCUT2D eigenvalue weighted by Gasteiger charge is -2.36. The first-order chi connectivity index (χ1) is 9.79. The lowest BCUT2D eigenvalue weighted by atomic mass is 10.1. The molecule has 0 spiro atoms. The molecule has 2 fully saturated rings. The van der Waals surface area contributed by atoms with Crippen molar-refractivity contribution in [1.29, 1.82) is 0 Å². The summed E-state index contributed by atoms with van der Waals surface area (Å²) in [4.78, 5) is 21.2. The standard InChI is InChI=1S/C15H24N4O/c1-2-17-8-7-16-15(17)19-11-9-18(10-12-19)14(20)13-5-3-4-6-13/h7-8,13H,2-6,9-12H2,1H3. The van der Waals surface area contributed by atoms with E-state index in [-0.39, 0.29) is 0 Å². The summed E-state index contributed by atoms with van der Waals surface area (Å²) >= 11 is 0. The molecule has 3 rings (SSSR count). The maximum atomic E-state index is 12.4. The molecule has 5 nitrogen and oxygen atoms in total. The molecule has 0 N–H and O–H groups in total. The lowest BCUT2D eigenvalue weighted by molar-refractivity contribution is -0.135. The van der Waals surface area contributed by atoms with Crippen LogP contribution in [0.4, 0.5) is 5.95 Å². The molecule has 1 aromatic rings. The summed E-state index contributed by atoms with van der Waals surface area (Å²) in [5.41, 5.74) is 0. The molecular weight excluding hydrogens is 252 g/mol. The van der Waals surface area contributed by atoms with Crippen molar-refractivity contribution in [2.75, 3.05) is 31.1 Å². The molecule has 0 unspecified atom stereocenters. The average Bonchev–Trinajstić information content (AvgIpc) is 3.17. The predicted octanol–water partition coefficient (Wildman–Crippen LogP) is 1.74. The molecule has 0 bridgehead atoms. The molecule has 0 radical (unpaired) electrons. The van der Waals surface area contributed by atoms with Crippen LogP contribution in [0.3, 0.4) is 0 Å². The number of imidazole rings is 1. The number of nitrogens with zero attached hydrogens (tertiary/aromatic N) is 4. The van der Waals surface area contributed by atoms with Crippen LogP contribution in [0.1, 0.15) is 32.6 Å². The third-order valence-electron chi connectivity index (χ3n) is 4.61. The van der Waals surface area contributed by atoms with Crippen LogP contribution in [0.5, 0.6) is 0 Å². The first-order valence-corrected chi connectivity index (χ1v) is 7.84. The molecule has 1 amide bonds. The van der Waals surface area contributed by atoms with Crippen LogP contribution in [0.15, 0.2) is 12.4 Å². The molecule has 1 aliphatic heterocycles. The van der Waals surface area contributed by atoms with Gasteiger partial charge in [0.05, 0.1) is 0 Å². The highest BCUT2D eigenvalue weighted by atomic mass is 16.2. The van der Waals surface area contributed by atoms with Gasteiger partial charge >= 0.3 is 0 Å². The Kier molecular flexibility index (Phi) is 3.94. The van der Waals surface area contributed by atoms with Gasteiger partial charge in [0.25, 0.3) is 0 Å². The number of aryl methyl sites for hydroxylation is 1. The number of amides is 1. The smallest absolute Gasteiger partial charge is 0.225 e. The highest BCUT2D eigenvalue weighted by Crippen LogP contribution is 2.27. The van der Waals surface area contributed by atoms with Gasteiger partial charge in [-0.15, -0.1) is 0 Å². The summed E-state index contributed by atoms with van der Waals surface area (Å²) < 4.78 is 2.16. The van der Waals surface area contributed by atoms with E-state index in [9.17, 15) is 4.79 Å². The second kappa shape index (κ2) is 5.85. The Morgan fingerprint density at radius 1 is 1.25 bits per heavy atom. The van der Waals surface area contributed by atoms with Crippen molar-refractivity contribution >= 4 is 11.9 Å². The number of carbonyl (C=O) groups is 1. The summed E-state index contributed by atoms with van der Waals surface area (Å²) in [5.74, 6) is 1.74. The molecule has 0 aromatic carbocycles. The van der Waals surface area contributed by atoms with Crippen LogP contribution >= 0.6 is 0 Å². The number of rotatable bonds is 3. The van der Waals surface area contributed by atoms with Crippen LogP contribution in [-0.2, 0) is 11.3 Å². The van der Waals surface area contributed by atoms with Crippen LogP contribution < -0.4 is 4.90 Å². The molecular formula is C15H24N4O. The van der Waals surface area contributed by atoms with Crippen LogP contribution in [-0.4, -0.2) is 46.5 Å². The maximum absolute atomic E-state index is 12.4. The molecule has 0 atom stereocenters. The highest BCUT2D eigenvalue weighted by molar-refractivity contribution is 5.79. The third-order valence-corrected chi connectivity index (χ3v) is 4.61. The number of anilines is 1. The van der Waals surface area contributed by atoms with E-state index in [1.165, 1.54) is 12.8 Å². The predicted molar refractivity (Wildman–Crippen MR) is 78.7 cm³/mol. The van der Waals surface area contributed by atoms with E-state index in [2.05, 4.69) is 26.3 Å². The van der Waals surface area contributed by atoms with Gasteiger partial charge < -0.3 is 14.4 Å². The van der Waals surface area contributed by atoms with Gasteiger partial charge in [0.2, 0.25) is 11.9 Å². The molecule has 5 heteroatoms. The van der Waals surface area contributed by atoms with E-state index in [1.807, 2.05) is 12.4 Å². The fourth-order valence-corrected chi connectivity index (χ4v) is 3.39. The van der Waals surface area contributed by atoms with E-state index in [4.69, 9.17) is 0 Å². The van der Waals surface area contributed by atoms with Crippen molar-refractivity contribution in [3.05, 3.63) is 12.4 Å². The molecule has 1 aromatic heterocycles. The Morgan fingerprint density at radius 3 is 2.60 bits per heavy atom. The van der Waals surface area contributed by atoms with Crippen molar-refractivity contribution in [2.24, 2.45) is 5.92 Å². The van der Waals surface area contributed by atoms with Crippen molar-refractivity contribution in [3.8, 4) is 0 Å². The third kappa shape index (κ3) is 2.53. The van der Waals surface area contributed by atoms with Gasteiger partial charge in [-0.05, 0) is 19.8 Å². The van der Waals surface area contributed by atoms with Crippen molar-refractivity contribution in [1.82, 2.24) is 14.5 Å². The summed E-state index contributed by atoms with van der Waals surface area (Å²) in [6, 6.07) is 0. The van der Waals surface area contributed by atoms with Crippen LogP contribution in [0.2, 0.25) is 0 Å². The zero-order chi connectivity index (χ0) is 13.9. The Morgan fingerprint density at radius 2 is 1.95 bits per heavy atom. The van der Waals surface area contributed by atoms with E-state index >= 15 is 0 Å². The van der Waals surface area contributed by atoms with Gasteiger partial charge in [0.15, 0.2) is 0 Å². The molecule has 1 saturated carbocycles. The van der Waals surface area contributed by atoms with Gasteiger partial charge in [-0.1, -0.05) is 12.8 Å². The molecule has 2 aliphatic rings. The zero-order valence-electron chi connectivity index (χ0n) is 12.3. The second-order valence-corrected chi connectivity index (χ2v) is 5.81. The van der Waals surface area contributed by atoms with Gasteiger partial charge in [0.1, 0.15) is 0 Å². The zero-order valence-corrected chi connectivity index (χ0v) is 12.3. The highest BCUT2D eigenvalue weighted by Gasteiger charge is 2.30. The summed E-state index contributed by atoms with van der Waals surface area (Å²) in [7, 11) is 0. The minimum atomic E-state index is 0.305. The summed E-state index contributed by atoms with van der Waals surface area (Å²) in [5, 5.41) is 0. The van der Waals surface area contributed by atoms with Crippen LogP contribution in [0.25, 0.3) is 0 Å². The molecule has 1 saturated heterocycles. The van der Waals surface area contributed by atoms with E-state index in [1.54, 1.807) is 0 Å². The molecule has 110 valence electrons. The quantitative estimate of drug-likeness (QED) is 0.844. The minimum absolute atomic E-state index is 0.305. The first-order valence-electron chi connectivity index (χ1n) is 7.84. The normalized spacial score (nSPS) is 20.6. The van der Waals surface area contributed by atoms with Crippen LogP contribution in [0, 0.1) is 5.92 Å². The number of aromatic nitrogens is 2. The van der Waals surface area contributed by atoms with Gasteiger partial charge in [0, 0.05) is 51.0 Å². The first kappa shape index (κ1) is 13.5. The number of piperazine rings is 1. The van der Waals surface area contributed by atoms with Crippen molar-refractivity contribution in [3.63, 3.8) is 0 Å². The van der Waals surface area contributed by atoms with Gasteiger partial charge in [-0.25, -0.2) is 4.98 Å². The van der Waals surface area contributed by atoms with Crippen molar-refractivity contribution < 1.29 is 4.79 Å². The fourth-order valence-electron chi connectivity index (χ4n) is 3.39.